The number of hydrogen-bond acceptors (Lipinski definition) is 3. The number of carboxylic acids is 1. The Morgan fingerprint density at radius 3 is 2.35 bits per heavy atom. The van der Waals surface area contributed by atoms with E-state index in [1.54, 1.807) is 29.2 Å². The third-order valence-corrected chi connectivity index (χ3v) is 4.36. The van der Waals surface area contributed by atoms with Crippen LogP contribution in [-0.2, 0) is 9.59 Å². The van der Waals surface area contributed by atoms with Crippen molar-refractivity contribution in [2.45, 2.75) is 26.7 Å². The van der Waals surface area contributed by atoms with Crippen molar-refractivity contribution in [3.63, 3.8) is 0 Å². The highest BCUT2D eigenvalue weighted by Gasteiger charge is 2.41. The highest BCUT2D eigenvalue weighted by atomic mass is 16.4. The first kappa shape index (κ1) is 17.0. The van der Waals surface area contributed by atoms with Gasteiger partial charge in [-0.2, -0.15) is 0 Å². The van der Waals surface area contributed by atoms with Gasteiger partial charge in [0.2, 0.25) is 5.91 Å². The Bertz CT molecular complexity index is 610. The number of rotatable bonds is 6. The fourth-order valence-electron chi connectivity index (χ4n) is 2.77. The van der Waals surface area contributed by atoms with Crippen LogP contribution in [0.25, 0.3) is 0 Å². The first-order valence-corrected chi connectivity index (χ1v) is 7.90. The lowest BCUT2D eigenvalue weighted by Gasteiger charge is -2.31. The molecular weight excluding hydrogens is 296 g/mol. The zero-order chi connectivity index (χ0) is 17.0. The zero-order valence-electron chi connectivity index (χ0n) is 13.4. The maximum Gasteiger partial charge on any atom is 0.307 e. The highest BCUT2D eigenvalue weighted by molar-refractivity contribution is 5.99. The molecule has 0 aliphatic heterocycles. The standard InChI is InChI=1S/C17H22N2O4/c1-3-19(4-2)16(21)11-6-5-7-12(10-11)18-15(20)13-8-9-14(13)17(22)23/h5-7,10,13-14H,3-4,8-9H2,1-2H3,(H,18,20)(H,22,23). The Morgan fingerprint density at radius 2 is 1.83 bits per heavy atom. The maximum atomic E-state index is 12.3. The van der Waals surface area contributed by atoms with Crippen LogP contribution < -0.4 is 5.32 Å². The first-order valence-electron chi connectivity index (χ1n) is 7.90. The average molecular weight is 318 g/mol. The van der Waals surface area contributed by atoms with E-state index in [1.165, 1.54) is 0 Å². The van der Waals surface area contributed by atoms with Gasteiger partial charge in [-0.15, -0.1) is 0 Å². The molecule has 1 aliphatic rings. The van der Waals surface area contributed by atoms with Gasteiger partial charge in [0.15, 0.2) is 0 Å². The molecule has 124 valence electrons. The third kappa shape index (κ3) is 3.70. The molecule has 2 unspecified atom stereocenters. The van der Waals surface area contributed by atoms with Gasteiger partial charge in [-0.1, -0.05) is 6.07 Å². The summed E-state index contributed by atoms with van der Waals surface area (Å²) in [4.78, 5) is 37.2. The lowest BCUT2D eigenvalue weighted by Crippen LogP contribution is -2.41. The van der Waals surface area contributed by atoms with E-state index in [1.807, 2.05) is 13.8 Å². The van der Waals surface area contributed by atoms with Crippen molar-refractivity contribution in [2.75, 3.05) is 18.4 Å². The van der Waals surface area contributed by atoms with Crippen LogP contribution in [0.4, 0.5) is 5.69 Å². The van der Waals surface area contributed by atoms with Crippen LogP contribution in [0, 0.1) is 11.8 Å². The predicted molar refractivity (Wildman–Crippen MR) is 86.2 cm³/mol. The summed E-state index contributed by atoms with van der Waals surface area (Å²) in [5.41, 5.74) is 1.03. The Labute approximate surface area is 135 Å². The molecular formula is C17H22N2O4. The summed E-state index contributed by atoms with van der Waals surface area (Å²) >= 11 is 0. The van der Waals surface area contributed by atoms with Crippen LogP contribution >= 0.6 is 0 Å². The maximum absolute atomic E-state index is 12.3. The molecule has 0 spiro atoms. The van der Waals surface area contributed by atoms with E-state index >= 15 is 0 Å². The van der Waals surface area contributed by atoms with E-state index in [4.69, 9.17) is 5.11 Å². The van der Waals surface area contributed by atoms with Crippen LogP contribution in [0.3, 0.4) is 0 Å². The Hall–Kier alpha value is -2.37. The van der Waals surface area contributed by atoms with Gasteiger partial charge >= 0.3 is 5.97 Å². The summed E-state index contributed by atoms with van der Waals surface area (Å²) in [6.45, 7) is 5.06. The van der Waals surface area contributed by atoms with Crippen molar-refractivity contribution in [3.8, 4) is 0 Å². The molecule has 1 aromatic carbocycles. The molecule has 2 rings (SSSR count). The fraction of sp³-hybridized carbons (Fsp3) is 0.471. The molecule has 6 heteroatoms. The largest absolute Gasteiger partial charge is 0.481 e. The number of benzene rings is 1. The number of aliphatic carboxylic acids is 1. The third-order valence-electron chi connectivity index (χ3n) is 4.36. The summed E-state index contributed by atoms with van der Waals surface area (Å²) in [7, 11) is 0. The Morgan fingerprint density at radius 1 is 1.17 bits per heavy atom. The zero-order valence-corrected chi connectivity index (χ0v) is 13.4. The number of anilines is 1. The Balaban J connectivity index is 2.07. The normalized spacial score (nSPS) is 19.6. The minimum Gasteiger partial charge on any atom is -0.481 e. The smallest absolute Gasteiger partial charge is 0.307 e. The van der Waals surface area contributed by atoms with Gasteiger partial charge in [-0.05, 0) is 44.9 Å². The number of carbonyl (C=O) groups is 3. The monoisotopic (exact) mass is 318 g/mol. The molecule has 1 saturated carbocycles. The van der Waals surface area contributed by atoms with Crippen molar-refractivity contribution in [1.82, 2.24) is 4.90 Å². The van der Waals surface area contributed by atoms with Crippen molar-refractivity contribution in [2.24, 2.45) is 11.8 Å². The number of carbonyl (C=O) groups excluding carboxylic acids is 2. The number of hydrogen-bond donors (Lipinski definition) is 2. The predicted octanol–water partition coefficient (Wildman–Crippen LogP) is 2.22. The van der Waals surface area contributed by atoms with Gasteiger partial charge < -0.3 is 15.3 Å². The summed E-state index contributed by atoms with van der Waals surface area (Å²) in [6.07, 6.45) is 1.12. The van der Waals surface area contributed by atoms with Gasteiger partial charge in [-0.3, -0.25) is 14.4 Å². The van der Waals surface area contributed by atoms with Gasteiger partial charge in [0, 0.05) is 24.3 Å². The molecule has 1 aliphatic carbocycles. The SMILES string of the molecule is CCN(CC)C(=O)c1cccc(NC(=O)C2CCC2C(=O)O)c1. The van der Waals surface area contributed by atoms with Crippen LogP contribution in [0.1, 0.15) is 37.0 Å². The van der Waals surface area contributed by atoms with E-state index in [9.17, 15) is 14.4 Å². The quantitative estimate of drug-likeness (QED) is 0.842. The second-order valence-corrected chi connectivity index (χ2v) is 5.68. The van der Waals surface area contributed by atoms with Gasteiger partial charge in [0.1, 0.15) is 0 Å². The van der Waals surface area contributed by atoms with Crippen molar-refractivity contribution in [1.29, 1.82) is 0 Å². The number of nitrogens with one attached hydrogen (secondary N) is 1. The number of nitrogens with zero attached hydrogens (tertiary/aromatic N) is 1. The lowest BCUT2D eigenvalue weighted by atomic mass is 9.73. The molecule has 2 atom stereocenters. The summed E-state index contributed by atoms with van der Waals surface area (Å²) in [5.74, 6) is -2.40. The van der Waals surface area contributed by atoms with E-state index in [0.29, 0.717) is 37.2 Å². The van der Waals surface area contributed by atoms with Crippen molar-refractivity contribution >= 4 is 23.5 Å². The minimum absolute atomic E-state index is 0.0850. The van der Waals surface area contributed by atoms with Crippen LogP contribution in [0.15, 0.2) is 24.3 Å². The molecule has 2 amide bonds. The Kier molecular flexibility index (Phi) is 5.36. The van der Waals surface area contributed by atoms with Crippen molar-refractivity contribution in [3.05, 3.63) is 29.8 Å². The first-order chi connectivity index (χ1) is 11.0. The molecule has 0 bridgehead atoms. The van der Waals surface area contributed by atoms with E-state index in [0.717, 1.165) is 0 Å². The topological polar surface area (TPSA) is 86.7 Å². The number of amides is 2. The molecule has 6 nitrogen and oxygen atoms in total. The molecule has 23 heavy (non-hydrogen) atoms. The van der Waals surface area contributed by atoms with Crippen LogP contribution in [0.2, 0.25) is 0 Å². The summed E-state index contributed by atoms with van der Waals surface area (Å²) in [6, 6.07) is 6.75. The fourth-order valence-corrected chi connectivity index (χ4v) is 2.77. The minimum atomic E-state index is -0.929. The van der Waals surface area contributed by atoms with E-state index in [2.05, 4.69) is 5.32 Å². The second-order valence-electron chi connectivity index (χ2n) is 5.68. The lowest BCUT2D eigenvalue weighted by molar-refractivity contribution is -0.151. The van der Waals surface area contributed by atoms with E-state index in [-0.39, 0.29) is 11.8 Å². The summed E-state index contributed by atoms with van der Waals surface area (Å²) < 4.78 is 0. The molecule has 0 aromatic heterocycles. The van der Waals surface area contributed by atoms with E-state index < -0.39 is 17.8 Å². The van der Waals surface area contributed by atoms with Crippen molar-refractivity contribution < 1.29 is 19.5 Å². The molecule has 1 fully saturated rings. The molecule has 0 radical (unpaired) electrons. The molecule has 0 saturated heterocycles. The van der Waals surface area contributed by atoms with Gasteiger partial charge in [0.05, 0.1) is 11.8 Å². The second kappa shape index (κ2) is 7.26. The molecule has 1 aromatic rings. The molecule has 2 N–H and O–H groups in total. The molecule has 0 heterocycles. The number of carboxylic acid groups (broad SMARTS) is 1. The van der Waals surface area contributed by atoms with Crippen LogP contribution in [0.5, 0.6) is 0 Å². The highest BCUT2D eigenvalue weighted by Crippen LogP contribution is 2.35. The average Bonchev–Trinajstić information content (AvgIpc) is 2.46. The van der Waals surface area contributed by atoms with Gasteiger partial charge in [0.25, 0.3) is 5.91 Å². The summed E-state index contributed by atoms with van der Waals surface area (Å²) in [5, 5.41) is 11.7. The van der Waals surface area contributed by atoms with Gasteiger partial charge in [-0.25, -0.2) is 0 Å². The van der Waals surface area contributed by atoms with Crippen LogP contribution in [-0.4, -0.2) is 40.9 Å².